The van der Waals surface area contributed by atoms with Crippen molar-refractivity contribution in [3.63, 3.8) is 0 Å². The van der Waals surface area contributed by atoms with Crippen molar-refractivity contribution in [3.8, 4) is 0 Å². The van der Waals surface area contributed by atoms with E-state index in [9.17, 15) is 30.3 Å². The molecular weight excluding hydrogens is 382 g/mol. The number of carboxylic acid groups (broad SMARTS) is 1. The molecule has 2 saturated heterocycles. The van der Waals surface area contributed by atoms with Crippen molar-refractivity contribution < 1.29 is 54.4 Å². The monoisotopic (exact) mass is 407 g/mol. The molecule has 160 valence electrons. The maximum atomic E-state index is 11.2. The van der Waals surface area contributed by atoms with Gasteiger partial charge in [0.15, 0.2) is 18.3 Å². The van der Waals surface area contributed by atoms with Gasteiger partial charge in [-0.05, 0) is 6.42 Å². The van der Waals surface area contributed by atoms with Gasteiger partial charge < -0.3 is 49.6 Å². The van der Waals surface area contributed by atoms with Crippen molar-refractivity contribution >= 4 is 11.9 Å². The fourth-order valence-electron chi connectivity index (χ4n) is 3.43. The van der Waals surface area contributed by atoms with Crippen molar-refractivity contribution in [3.05, 3.63) is 0 Å². The second-order valence-electron chi connectivity index (χ2n) is 6.93. The summed E-state index contributed by atoms with van der Waals surface area (Å²) in [5.74, 6) is -1.18. The SMILES string of the molecule is CCCC1=N[C@H]2C(O1)O[C@H](CO)[C@@H](O)[C@@H]2O[C@@H]1O[C@H](C(=O)O)[C@@H](O)[C@H](O)[C@H]1O. The van der Waals surface area contributed by atoms with E-state index in [0.29, 0.717) is 12.3 Å². The fourth-order valence-corrected chi connectivity index (χ4v) is 3.43. The molecule has 3 aliphatic rings. The largest absolute Gasteiger partial charge is 0.479 e. The number of carbonyl (C=O) groups is 1. The minimum atomic E-state index is -1.87. The van der Waals surface area contributed by atoms with E-state index in [1.165, 1.54) is 0 Å². The topological polar surface area (TPSA) is 188 Å². The molecule has 0 amide bonds. The molecule has 0 radical (unpaired) electrons. The third-order valence-corrected chi connectivity index (χ3v) is 4.94. The van der Waals surface area contributed by atoms with Gasteiger partial charge in [0.05, 0.1) is 6.61 Å². The lowest BCUT2D eigenvalue weighted by molar-refractivity contribution is -0.331. The number of fused-ring (bicyclic) bond motifs is 1. The lowest BCUT2D eigenvalue weighted by Crippen LogP contribution is -2.64. The molecule has 0 aliphatic carbocycles. The maximum Gasteiger partial charge on any atom is 0.335 e. The summed E-state index contributed by atoms with van der Waals surface area (Å²) in [4.78, 5) is 15.6. The Morgan fingerprint density at radius 2 is 1.82 bits per heavy atom. The van der Waals surface area contributed by atoms with Gasteiger partial charge in [-0.2, -0.15) is 0 Å². The highest BCUT2D eigenvalue weighted by atomic mass is 16.7. The Balaban J connectivity index is 1.81. The van der Waals surface area contributed by atoms with E-state index in [0.717, 1.165) is 6.42 Å². The van der Waals surface area contributed by atoms with E-state index >= 15 is 0 Å². The maximum absolute atomic E-state index is 11.2. The molecule has 12 heteroatoms. The third kappa shape index (κ3) is 3.86. The van der Waals surface area contributed by atoms with Gasteiger partial charge in [0, 0.05) is 6.42 Å². The van der Waals surface area contributed by atoms with Gasteiger partial charge in [-0.3, -0.25) is 0 Å². The van der Waals surface area contributed by atoms with Gasteiger partial charge in [0.2, 0.25) is 6.29 Å². The smallest absolute Gasteiger partial charge is 0.335 e. The molecule has 12 nitrogen and oxygen atoms in total. The molecule has 0 aromatic heterocycles. The number of aliphatic hydroxyl groups excluding tert-OH is 5. The fraction of sp³-hybridized carbons (Fsp3) is 0.875. The summed E-state index contributed by atoms with van der Waals surface area (Å²) in [6.07, 6.45) is -12.4. The molecule has 10 atom stereocenters. The van der Waals surface area contributed by atoms with Gasteiger partial charge in [-0.1, -0.05) is 6.92 Å². The molecule has 28 heavy (non-hydrogen) atoms. The van der Waals surface area contributed by atoms with Crippen LogP contribution in [-0.2, 0) is 23.7 Å². The highest BCUT2D eigenvalue weighted by Gasteiger charge is 2.54. The number of aliphatic carboxylic acids is 1. The number of hydrogen-bond acceptors (Lipinski definition) is 11. The molecule has 0 bridgehead atoms. The predicted octanol–water partition coefficient (Wildman–Crippen LogP) is -3.06. The van der Waals surface area contributed by atoms with Crippen LogP contribution >= 0.6 is 0 Å². The lowest BCUT2D eigenvalue weighted by Gasteiger charge is -2.44. The number of ether oxygens (including phenoxy) is 4. The van der Waals surface area contributed by atoms with Gasteiger partial charge in [-0.25, -0.2) is 9.79 Å². The lowest BCUT2D eigenvalue weighted by atomic mass is 9.96. The van der Waals surface area contributed by atoms with Gasteiger partial charge >= 0.3 is 5.97 Å². The van der Waals surface area contributed by atoms with E-state index in [2.05, 4.69) is 4.99 Å². The second kappa shape index (κ2) is 8.55. The summed E-state index contributed by atoms with van der Waals surface area (Å²) in [5.41, 5.74) is 0. The van der Waals surface area contributed by atoms with Crippen LogP contribution in [0, 0.1) is 0 Å². The summed E-state index contributed by atoms with van der Waals surface area (Å²) >= 11 is 0. The van der Waals surface area contributed by atoms with E-state index in [4.69, 9.17) is 24.1 Å². The van der Waals surface area contributed by atoms with Gasteiger partial charge in [0.1, 0.15) is 42.7 Å². The Morgan fingerprint density at radius 1 is 1.11 bits per heavy atom. The summed E-state index contributed by atoms with van der Waals surface area (Å²) in [6.45, 7) is 1.36. The molecule has 0 aromatic carbocycles. The predicted molar refractivity (Wildman–Crippen MR) is 88.2 cm³/mol. The summed E-state index contributed by atoms with van der Waals surface area (Å²) in [6, 6.07) is -0.859. The Morgan fingerprint density at radius 3 is 2.43 bits per heavy atom. The van der Waals surface area contributed by atoms with Crippen molar-refractivity contribution in [2.75, 3.05) is 6.61 Å². The minimum Gasteiger partial charge on any atom is -0.479 e. The van der Waals surface area contributed by atoms with Gasteiger partial charge in [-0.15, -0.1) is 0 Å². The molecule has 3 heterocycles. The number of rotatable bonds is 6. The van der Waals surface area contributed by atoms with Gasteiger partial charge in [0.25, 0.3) is 0 Å². The van der Waals surface area contributed by atoms with Crippen LogP contribution in [-0.4, -0.2) is 110 Å². The zero-order chi connectivity index (χ0) is 20.6. The molecule has 3 rings (SSSR count). The van der Waals surface area contributed by atoms with Crippen molar-refractivity contribution in [1.82, 2.24) is 0 Å². The Labute approximate surface area is 159 Å². The molecule has 0 saturated carbocycles. The summed E-state index contributed by atoms with van der Waals surface area (Å²) in [5, 5.41) is 58.9. The van der Waals surface area contributed by atoms with Crippen LogP contribution in [0.3, 0.4) is 0 Å². The van der Waals surface area contributed by atoms with Crippen LogP contribution in [0.4, 0.5) is 0 Å². The van der Waals surface area contributed by atoms with E-state index in [1.54, 1.807) is 0 Å². The van der Waals surface area contributed by atoms with Crippen molar-refractivity contribution in [2.24, 2.45) is 4.99 Å². The van der Waals surface area contributed by atoms with E-state index < -0.39 is 73.9 Å². The van der Waals surface area contributed by atoms with Crippen LogP contribution in [0.1, 0.15) is 19.8 Å². The molecular formula is C16H25NO11. The summed E-state index contributed by atoms with van der Waals surface area (Å²) < 4.78 is 21.8. The van der Waals surface area contributed by atoms with Crippen LogP contribution in [0.2, 0.25) is 0 Å². The highest BCUT2D eigenvalue weighted by Crippen LogP contribution is 2.34. The van der Waals surface area contributed by atoms with Crippen LogP contribution in [0.15, 0.2) is 4.99 Å². The Hall–Kier alpha value is -1.38. The number of carboxylic acids is 1. The molecule has 0 spiro atoms. The number of aliphatic hydroxyl groups is 5. The van der Waals surface area contributed by atoms with E-state index in [1.807, 2.05) is 6.92 Å². The minimum absolute atomic E-state index is 0.376. The van der Waals surface area contributed by atoms with E-state index in [-0.39, 0.29) is 0 Å². The third-order valence-electron chi connectivity index (χ3n) is 4.94. The Bertz CT molecular complexity index is 601. The molecule has 0 aromatic rings. The van der Waals surface area contributed by atoms with Crippen LogP contribution in [0.25, 0.3) is 0 Å². The van der Waals surface area contributed by atoms with Crippen LogP contribution < -0.4 is 0 Å². The molecule has 2 fully saturated rings. The average molecular weight is 407 g/mol. The number of nitrogens with zero attached hydrogens (tertiary/aromatic N) is 1. The molecule has 3 aliphatic heterocycles. The highest BCUT2D eigenvalue weighted by molar-refractivity contribution is 5.78. The number of hydrogen-bond donors (Lipinski definition) is 6. The van der Waals surface area contributed by atoms with Crippen LogP contribution in [0.5, 0.6) is 0 Å². The average Bonchev–Trinajstić information content (AvgIpc) is 3.06. The summed E-state index contributed by atoms with van der Waals surface area (Å²) in [7, 11) is 0. The first-order chi connectivity index (χ1) is 13.3. The first kappa shape index (κ1) is 21.3. The zero-order valence-electron chi connectivity index (χ0n) is 15.1. The Kier molecular flexibility index (Phi) is 6.51. The molecule has 1 unspecified atom stereocenters. The van der Waals surface area contributed by atoms with Crippen molar-refractivity contribution in [2.45, 2.75) is 81.1 Å². The molecule has 6 N–H and O–H groups in total. The first-order valence-electron chi connectivity index (χ1n) is 9.04. The first-order valence-corrected chi connectivity index (χ1v) is 9.04. The zero-order valence-corrected chi connectivity index (χ0v) is 15.1. The normalized spacial score (nSPS) is 45.9. The standard InChI is InChI=1S/C16H25NO11/c1-2-3-6-17-7-12(8(19)5(4-18)25-15(7)26-6)27-16-11(22)9(20)10(21)13(28-16)14(23)24/h5,7-13,15-16,18-22H,2-4H2,1H3,(H,23,24)/t5-,7-,8-,9+,10+,11-,12-,13+,15?,16-/m1/s1. The number of aliphatic imine (C=N–C) groups is 1. The second-order valence-corrected chi connectivity index (χ2v) is 6.93. The quantitative estimate of drug-likeness (QED) is 0.262. The van der Waals surface area contributed by atoms with Crippen molar-refractivity contribution in [1.29, 1.82) is 0 Å².